The van der Waals surface area contributed by atoms with Gasteiger partial charge in [0.1, 0.15) is 5.82 Å². The summed E-state index contributed by atoms with van der Waals surface area (Å²) in [5.41, 5.74) is 1.22. The van der Waals surface area contributed by atoms with E-state index in [0.29, 0.717) is 12.6 Å². The highest BCUT2D eigenvalue weighted by atomic mass is 127. The summed E-state index contributed by atoms with van der Waals surface area (Å²) in [6.07, 6.45) is 7.86. The van der Waals surface area contributed by atoms with Crippen molar-refractivity contribution >= 4 is 35.8 Å². The lowest BCUT2D eigenvalue weighted by Gasteiger charge is -2.34. The molecule has 0 radical (unpaired) electrons. The van der Waals surface area contributed by atoms with Crippen LogP contribution in [0.15, 0.2) is 23.3 Å². The van der Waals surface area contributed by atoms with Gasteiger partial charge in [0.15, 0.2) is 5.96 Å². The maximum absolute atomic E-state index is 5.99. The zero-order chi connectivity index (χ0) is 20.3. The minimum absolute atomic E-state index is 0. The van der Waals surface area contributed by atoms with Crippen LogP contribution in [0.25, 0.3) is 0 Å². The lowest BCUT2D eigenvalue weighted by Crippen LogP contribution is -2.47. The Morgan fingerprint density at radius 1 is 1.20 bits per heavy atom. The number of anilines is 1. The number of nitrogens with one attached hydrogen (secondary N) is 1. The van der Waals surface area contributed by atoms with Crippen molar-refractivity contribution < 1.29 is 9.47 Å². The Kier molecular flexibility index (Phi) is 11.8. The number of pyridine rings is 1. The molecule has 0 aromatic carbocycles. The predicted molar refractivity (Wildman–Crippen MR) is 133 cm³/mol. The van der Waals surface area contributed by atoms with E-state index in [1.165, 1.54) is 18.4 Å². The van der Waals surface area contributed by atoms with E-state index >= 15 is 0 Å². The highest BCUT2D eigenvalue weighted by Crippen LogP contribution is 2.19. The third kappa shape index (κ3) is 7.85. The monoisotopic (exact) mass is 531 g/mol. The first-order valence-corrected chi connectivity index (χ1v) is 11.1. The zero-order valence-corrected chi connectivity index (χ0v) is 20.8. The molecule has 2 aliphatic heterocycles. The van der Waals surface area contributed by atoms with Crippen LogP contribution in [0.5, 0.6) is 0 Å². The molecule has 2 aliphatic rings. The van der Waals surface area contributed by atoms with Crippen LogP contribution in [0, 0.1) is 0 Å². The van der Waals surface area contributed by atoms with E-state index in [2.05, 4.69) is 39.2 Å². The molecule has 30 heavy (non-hydrogen) atoms. The molecule has 2 saturated heterocycles. The molecule has 170 valence electrons. The molecular weight excluding hydrogens is 493 g/mol. The molecular formula is C22H38IN5O2. The van der Waals surface area contributed by atoms with Crippen molar-refractivity contribution in [3.8, 4) is 0 Å². The fourth-order valence-corrected chi connectivity index (χ4v) is 3.96. The Hall–Kier alpha value is -1.13. The first-order valence-electron chi connectivity index (χ1n) is 11.1. The molecule has 2 fully saturated rings. The fraction of sp³-hybridized carbons (Fsp3) is 0.727. The largest absolute Gasteiger partial charge is 0.385 e. The number of hydrogen-bond acceptors (Lipinski definition) is 5. The summed E-state index contributed by atoms with van der Waals surface area (Å²) in [6, 6.07) is 4.27. The standard InChI is InChI=1S/C22H37N5O2.HI/c1-3-23-22(27-13-8-20(9-14-27)29-16-6-15-28-2)25-18-19-7-10-24-21(17-19)26-11-4-5-12-26;/h7,10,17,20H,3-6,8-9,11-16,18H2,1-2H3,(H,23,25);1H. The van der Waals surface area contributed by atoms with Crippen LogP contribution >= 0.6 is 24.0 Å². The Morgan fingerprint density at radius 3 is 2.67 bits per heavy atom. The van der Waals surface area contributed by atoms with Gasteiger partial charge in [-0.05, 0) is 56.7 Å². The molecule has 0 unspecified atom stereocenters. The summed E-state index contributed by atoms with van der Waals surface area (Å²) in [6.45, 7) is 9.43. The van der Waals surface area contributed by atoms with Crippen LogP contribution in [0.4, 0.5) is 5.82 Å². The maximum atomic E-state index is 5.99. The van der Waals surface area contributed by atoms with Gasteiger partial charge >= 0.3 is 0 Å². The fourth-order valence-electron chi connectivity index (χ4n) is 3.96. The summed E-state index contributed by atoms with van der Waals surface area (Å²) in [7, 11) is 1.74. The van der Waals surface area contributed by atoms with Gasteiger partial charge in [-0.3, -0.25) is 0 Å². The van der Waals surface area contributed by atoms with E-state index in [0.717, 1.165) is 77.0 Å². The predicted octanol–water partition coefficient (Wildman–Crippen LogP) is 3.28. The summed E-state index contributed by atoms with van der Waals surface area (Å²) in [5, 5.41) is 3.46. The second-order valence-corrected chi connectivity index (χ2v) is 7.79. The first kappa shape index (κ1) is 25.1. The van der Waals surface area contributed by atoms with Gasteiger partial charge in [-0.1, -0.05) is 0 Å². The van der Waals surface area contributed by atoms with Gasteiger partial charge in [-0.2, -0.15) is 0 Å². The second-order valence-electron chi connectivity index (χ2n) is 7.79. The van der Waals surface area contributed by atoms with Crippen molar-refractivity contribution in [2.75, 3.05) is 57.9 Å². The molecule has 1 N–H and O–H groups in total. The van der Waals surface area contributed by atoms with E-state index in [-0.39, 0.29) is 24.0 Å². The molecule has 8 heteroatoms. The van der Waals surface area contributed by atoms with E-state index in [4.69, 9.17) is 14.5 Å². The Balaban J connectivity index is 0.00000320. The van der Waals surface area contributed by atoms with Crippen LogP contribution in [-0.2, 0) is 16.0 Å². The molecule has 3 rings (SSSR count). The molecule has 0 bridgehead atoms. The number of aliphatic imine (C=N–C) groups is 1. The van der Waals surface area contributed by atoms with E-state index < -0.39 is 0 Å². The number of piperidine rings is 1. The van der Waals surface area contributed by atoms with Crippen LogP contribution in [0.1, 0.15) is 44.6 Å². The number of guanidine groups is 1. The lowest BCUT2D eigenvalue weighted by atomic mass is 10.1. The van der Waals surface area contributed by atoms with Crippen LogP contribution in [0.3, 0.4) is 0 Å². The van der Waals surface area contributed by atoms with Gasteiger partial charge in [0, 0.05) is 59.2 Å². The highest BCUT2D eigenvalue weighted by molar-refractivity contribution is 14.0. The van der Waals surface area contributed by atoms with Crippen molar-refractivity contribution in [1.29, 1.82) is 0 Å². The quantitative estimate of drug-likeness (QED) is 0.229. The van der Waals surface area contributed by atoms with Crippen LogP contribution in [-0.4, -0.2) is 75.0 Å². The summed E-state index contributed by atoms with van der Waals surface area (Å²) >= 11 is 0. The smallest absolute Gasteiger partial charge is 0.194 e. The van der Waals surface area contributed by atoms with Crippen molar-refractivity contribution in [3.05, 3.63) is 23.9 Å². The molecule has 0 amide bonds. The van der Waals surface area contributed by atoms with Crippen LogP contribution < -0.4 is 10.2 Å². The first-order chi connectivity index (χ1) is 14.3. The molecule has 3 heterocycles. The highest BCUT2D eigenvalue weighted by Gasteiger charge is 2.22. The third-order valence-corrected chi connectivity index (χ3v) is 5.57. The van der Waals surface area contributed by atoms with Gasteiger partial charge in [0.2, 0.25) is 0 Å². The minimum Gasteiger partial charge on any atom is -0.385 e. The van der Waals surface area contributed by atoms with Gasteiger partial charge in [0.25, 0.3) is 0 Å². The van der Waals surface area contributed by atoms with Gasteiger partial charge < -0.3 is 24.6 Å². The number of nitrogens with zero attached hydrogens (tertiary/aromatic N) is 4. The molecule has 0 spiro atoms. The van der Waals surface area contributed by atoms with Crippen LogP contribution in [0.2, 0.25) is 0 Å². The zero-order valence-electron chi connectivity index (χ0n) is 18.5. The maximum Gasteiger partial charge on any atom is 0.194 e. The Bertz CT molecular complexity index is 632. The molecule has 0 atom stereocenters. The number of hydrogen-bond donors (Lipinski definition) is 1. The van der Waals surface area contributed by atoms with Crippen molar-refractivity contribution in [3.63, 3.8) is 0 Å². The number of likely N-dealkylation sites (tertiary alicyclic amines) is 1. The second kappa shape index (κ2) is 14.0. The SMILES string of the molecule is CCNC(=NCc1ccnc(N2CCCC2)c1)N1CCC(OCCCOC)CC1.I. The summed E-state index contributed by atoms with van der Waals surface area (Å²) < 4.78 is 11.1. The number of halogens is 1. The number of aromatic nitrogens is 1. The van der Waals surface area contributed by atoms with Gasteiger partial charge in [-0.15, -0.1) is 24.0 Å². The van der Waals surface area contributed by atoms with E-state index in [1.807, 2.05) is 6.20 Å². The average Bonchev–Trinajstić information content (AvgIpc) is 3.30. The topological polar surface area (TPSA) is 62.2 Å². The molecule has 7 nitrogen and oxygen atoms in total. The summed E-state index contributed by atoms with van der Waals surface area (Å²) in [4.78, 5) is 14.2. The lowest BCUT2D eigenvalue weighted by molar-refractivity contribution is 0.00990. The third-order valence-electron chi connectivity index (χ3n) is 5.57. The van der Waals surface area contributed by atoms with Gasteiger partial charge in [0.05, 0.1) is 12.6 Å². The van der Waals surface area contributed by atoms with E-state index in [9.17, 15) is 0 Å². The van der Waals surface area contributed by atoms with Crippen molar-refractivity contribution in [2.45, 2.75) is 51.7 Å². The molecule has 0 saturated carbocycles. The number of rotatable bonds is 9. The minimum atomic E-state index is 0. The number of methoxy groups -OCH3 is 1. The van der Waals surface area contributed by atoms with Crippen molar-refractivity contribution in [2.24, 2.45) is 4.99 Å². The Morgan fingerprint density at radius 2 is 1.97 bits per heavy atom. The van der Waals surface area contributed by atoms with Crippen molar-refractivity contribution in [1.82, 2.24) is 15.2 Å². The number of ether oxygens (including phenoxy) is 2. The van der Waals surface area contributed by atoms with E-state index in [1.54, 1.807) is 7.11 Å². The molecule has 0 aliphatic carbocycles. The summed E-state index contributed by atoms with van der Waals surface area (Å²) in [5.74, 6) is 2.09. The molecule has 1 aromatic rings. The Labute approximate surface area is 198 Å². The average molecular weight is 531 g/mol. The molecule has 1 aromatic heterocycles. The normalized spacial score (nSPS) is 17.9. The van der Waals surface area contributed by atoms with Gasteiger partial charge in [-0.25, -0.2) is 9.98 Å².